The summed E-state index contributed by atoms with van der Waals surface area (Å²) in [5.74, 6) is 1.96. The third-order valence-electron chi connectivity index (χ3n) is 6.08. The predicted octanol–water partition coefficient (Wildman–Crippen LogP) is 3.51. The van der Waals surface area contributed by atoms with Gasteiger partial charge in [0.2, 0.25) is 16.0 Å². The van der Waals surface area contributed by atoms with E-state index in [1.165, 1.54) is 40.6 Å². The maximum Gasteiger partial charge on any atom is 0.243 e. The minimum atomic E-state index is -4.05. The second kappa shape index (κ2) is 10.3. The minimum Gasteiger partial charge on any atom is -0.494 e. The largest absolute Gasteiger partial charge is 0.494 e. The van der Waals surface area contributed by atoms with Crippen molar-refractivity contribution in [2.75, 3.05) is 26.1 Å². The summed E-state index contributed by atoms with van der Waals surface area (Å²) in [5.41, 5.74) is 0.513. The second-order valence-corrected chi connectivity index (χ2v) is 10.6. The first-order valence-corrected chi connectivity index (χ1v) is 12.9. The first-order chi connectivity index (χ1) is 16.8. The van der Waals surface area contributed by atoms with Crippen molar-refractivity contribution in [3.8, 4) is 17.2 Å². The standard InChI is InChI=1S/C22H27ClN6O5S/c1-13(19(34-4)20-24-11-15(23)12-25-20)35(30,31)28-22-27-26-21(14-7-5-8-14)29(22)18-16(32-2)9-6-10-17(18)33-3/h6,9-14,19H,5,7-8H2,1-4H3,(H,27,28)/t13-,19-/m0/s1. The van der Waals surface area contributed by atoms with E-state index in [0.717, 1.165) is 19.3 Å². The maximum atomic E-state index is 13.5. The molecule has 1 N–H and O–H groups in total. The number of ether oxygens (including phenoxy) is 3. The molecule has 3 aromatic rings. The predicted molar refractivity (Wildman–Crippen MR) is 130 cm³/mol. The van der Waals surface area contributed by atoms with Gasteiger partial charge < -0.3 is 14.2 Å². The lowest BCUT2D eigenvalue weighted by Crippen LogP contribution is -2.33. The van der Waals surface area contributed by atoms with Crippen LogP contribution in [-0.2, 0) is 14.8 Å². The van der Waals surface area contributed by atoms with Crippen LogP contribution in [0.3, 0.4) is 0 Å². The summed E-state index contributed by atoms with van der Waals surface area (Å²) in [6.45, 7) is 1.51. The fraction of sp³-hybridized carbons (Fsp3) is 0.455. The Morgan fingerprint density at radius 2 is 1.71 bits per heavy atom. The Labute approximate surface area is 208 Å². The van der Waals surface area contributed by atoms with Crippen LogP contribution < -0.4 is 14.2 Å². The van der Waals surface area contributed by atoms with E-state index >= 15 is 0 Å². The van der Waals surface area contributed by atoms with Crippen LogP contribution in [0.15, 0.2) is 30.6 Å². The molecule has 1 aliphatic carbocycles. The summed E-state index contributed by atoms with van der Waals surface area (Å²) in [6, 6.07) is 5.32. The number of halogens is 1. The molecule has 2 heterocycles. The number of rotatable bonds is 10. The Bertz CT molecular complexity index is 1260. The molecule has 0 bridgehead atoms. The van der Waals surface area contributed by atoms with E-state index in [1.54, 1.807) is 22.8 Å². The zero-order valence-corrected chi connectivity index (χ0v) is 21.4. The van der Waals surface area contributed by atoms with Crippen LogP contribution in [0.5, 0.6) is 11.5 Å². The van der Waals surface area contributed by atoms with Gasteiger partial charge >= 0.3 is 0 Å². The molecule has 1 saturated carbocycles. The van der Waals surface area contributed by atoms with Gasteiger partial charge in [0, 0.05) is 25.4 Å². The molecule has 35 heavy (non-hydrogen) atoms. The number of nitrogens with zero attached hydrogens (tertiary/aromatic N) is 5. The molecule has 0 saturated heterocycles. The van der Waals surface area contributed by atoms with E-state index in [1.807, 2.05) is 0 Å². The molecule has 13 heteroatoms. The van der Waals surface area contributed by atoms with Gasteiger partial charge in [0.15, 0.2) is 5.82 Å². The molecule has 0 unspecified atom stereocenters. The van der Waals surface area contributed by atoms with Crippen LogP contribution in [0.4, 0.5) is 5.95 Å². The molecular formula is C22H27ClN6O5S. The molecule has 0 amide bonds. The number of para-hydroxylation sites is 1. The molecule has 11 nitrogen and oxygen atoms in total. The van der Waals surface area contributed by atoms with E-state index in [0.29, 0.717) is 28.0 Å². The average molecular weight is 523 g/mol. The van der Waals surface area contributed by atoms with Crippen molar-refractivity contribution in [1.82, 2.24) is 24.7 Å². The molecule has 1 aromatic carbocycles. The van der Waals surface area contributed by atoms with E-state index < -0.39 is 21.4 Å². The maximum absolute atomic E-state index is 13.5. The van der Waals surface area contributed by atoms with Crippen LogP contribution in [0, 0.1) is 0 Å². The topological polar surface area (TPSA) is 130 Å². The van der Waals surface area contributed by atoms with Gasteiger partial charge in [0.05, 0.1) is 19.2 Å². The van der Waals surface area contributed by atoms with E-state index in [-0.39, 0.29) is 17.7 Å². The smallest absolute Gasteiger partial charge is 0.243 e. The van der Waals surface area contributed by atoms with E-state index in [4.69, 9.17) is 25.8 Å². The lowest BCUT2D eigenvalue weighted by molar-refractivity contribution is 0.0950. The van der Waals surface area contributed by atoms with Crippen LogP contribution >= 0.6 is 11.6 Å². The summed E-state index contributed by atoms with van der Waals surface area (Å²) in [5, 5.41) is 7.81. The van der Waals surface area contributed by atoms with Gasteiger partial charge in [-0.3, -0.25) is 9.29 Å². The lowest BCUT2D eigenvalue weighted by Gasteiger charge is -2.27. The molecule has 2 atom stereocenters. The van der Waals surface area contributed by atoms with Crippen molar-refractivity contribution in [1.29, 1.82) is 0 Å². The number of methoxy groups -OCH3 is 3. The average Bonchev–Trinajstić information content (AvgIpc) is 3.20. The highest BCUT2D eigenvalue weighted by Gasteiger charge is 2.36. The quantitative estimate of drug-likeness (QED) is 0.425. The van der Waals surface area contributed by atoms with Gasteiger partial charge in [-0.25, -0.2) is 18.4 Å². The Balaban J connectivity index is 1.76. The first-order valence-electron chi connectivity index (χ1n) is 11.0. The zero-order valence-electron chi connectivity index (χ0n) is 19.8. The van der Waals surface area contributed by atoms with Crippen LogP contribution in [0.1, 0.15) is 49.9 Å². The summed E-state index contributed by atoms with van der Waals surface area (Å²) < 4.78 is 47.8. The van der Waals surface area contributed by atoms with Crippen molar-refractivity contribution in [3.05, 3.63) is 47.3 Å². The fourth-order valence-electron chi connectivity index (χ4n) is 3.92. The second-order valence-electron chi connectivity index (χ2n) is 8.12. The van der Waals surface area contributed by atoms with Gasteiger partial charge in [-0.15, -0.1) is 10.2 Å². The Morgan fingerprint density at radius 3 is 2.23 bits per heavy atom. The van der Waals surface area contributed by atoms with E-state index in [2.05, 4.69) is 24.9 Å². The Hall–Kier alpha value is -2.96. The Kier molecular flexibility index (Phi) is 7.43. The SMILES string of the molecule is COc1cccc(OC)c1-n1c(NS(=O)(=O)[C@@H](C)[C@H](OC)c2ncc(Cl)cn2)nnc1C1CCC1. The number of hydrogen-bond donors (Lipinski definition) is 1. The number of nitrogens with one attached hydrogen (secondary N) is 1. The number of sulfonamides is 1. The van der Waals surface area contributed by atoms with Crippen LogP contribution in [-0.4, -0.2) is 59.7 Å². The van der Waals surface area contributed by atoms with Crippen LogP contribution in [0.25, 0.3) is 5.69 Å². The highest BCUT2D eigenvalue weighted by Crippen LogP contribution is 2.42. The van der Waals surface area contributed by atoms with Gasteiger partial charge in [-0.1, -0.05) is 24.1 Å². The molecule has 0 aliphatic heterocycles. The highest BCUT2D eigenvalue weighted by molar-refractivity contribution is 7.93. The van der Waals surface area contributed by atoms with Crippen molar-refractivity contribution < 1.29 is 22.6 Å². The van der Waals surface area contributed by atoms with Crippen molar-refractivity contribution in [2.24, 2.45) is 0 Å². The molecule has 188 valence electrons. The number of aromatic nitrogens is 5. The number of benzene rings is 1. The fourth-order valence-corrected chi connectivity index (χ4v) is 5.15. The summed E-state index contributed by atoms with van der Waals surface area (Å²) in [6.07, 6.45) is 4.75. The molecular weight excluding hydrogens is 496 g/mol. The molecule has 2 aromatic heterocycles. The van der Waals surface area contributed by atoms with Crippen molar-refractivity contribution in [2.45, 2.75) is 43.5 Å². The van der Waals surface area contributed by atoms with Crippen molar-refractivity contribution >= 4 is 27.6 Å². The van der Waals surface area contributed by atoms with Crippen molar-refractivity contribution in [3.63, 3.8) is 0 Å². The molecule has 4 rings (SSSR count). The lowest BCUT2D eigenvalue weighted by atomic mass is 9.85. The molecule has 1 aliphatic rings. The summed E-state index contributed by atoms with van der Waals surface area (Å²) in [4.78, 5) is 8.24. The normalized spacial score (nSPS) is 15.8. The summed E-state index contributed by atoms with van der Waals surface area (Å²) >= 11 is 5.87. The molecule has 0 radical (unpaired) electrons. The number of anilines is 1. The van der Waals surface area contributed by atoms with E-state index in [9.17, 15) is 8.42 Å². The Morgan fingerprint density at radius 1 is 1.09 bits per heavy atom. The van der Waals surface area contributed by atoms with Gasteiger partial charge in [0.1, 0.15) is 34.4 Å². The summed E-state index contributed by atoms with van der Waals surface area (Å²) in [7, 11) is 0.417. The van der Waals surface area contributed by atoms with Gasteiger partial charge in [-0.05, 0) is 31.9 Å². The third-order valence-corrected chi connectivity index (χ3v) is 7.97. The number of hydrogen-bond acceptors (Lipinski definition) is 9. The van der Waals surface area contributed by atoms with Gasteiger partial charge in [0.25, 0.3) is 0 Å². The monoisotopic (exact) mass is 522 g/mol. The molecule has 0 spiro atoms. The van der Waals surface area contributed by atoms with Gasteiger partial charge in [-0.2, -0.15) is 0 Å². The minimum absolute atomic E-state index is 0.0217. The molecule has 1 fully saturated rings. The zero-order chi connectivity index (χ0) is 25.2. The third kappa shape index (κ3) is 4.91. The first kappa shape index (κ1) is 25.1. The van der Waals surface area contributed by atoms with Crippen LogP contribution in [0.2, 0.25) is 5.02 Å². The highest BCUT2D eigenvalue weighted by atomic mass is 35.5.